The van der Waals surface area contributed by atoms with Crippen molar-refractivity contribution < 1.29 is 9.84 Å². The van der Waals surface area contributed by atoms with Crippen molar-refractivity contribution in [3.8, 4) is 11.8 Å². The van der Waals surface area contributed by atoms with Crippen LogP contribution < -0.4 is 0 Å². The summed E-state index contributed by atoms with van der Waals surface area (Å²) in [6, 6.07) is 0. The molecule has 0 aliphatic rings. The van der Waals surface area contributed by atoms with Gasteiger partial charge in [-0.1, -0.05) is 19.3 Å². The summed E-state index contributed by atoms with van der Waals surface area (Å²) in [6.07, 6.45) is 2.66. The summed E-state index contributed by atoms with van der Waals surface area (Å²) in [4.78, 5) is 0. The van der Waals surface area contributed by atoms with Crippen LogP contribution in [0.3, 0.4) is 0 Å². The lowest BCUT2D eigenvalue weighted by Gasteiger charge is -2.04. The lowest BCUT2D eigenvalue weighted by molar-refractivity contribution is 0.0640. The van der Waals surface area contributed by atoms with Crippen molar-refractivity contribution in [1.29, 1.82) is 0 Å². The predicted octanol–water partition coefficient (Wildman–Crippen LogP) is 1.80. The van der Waals surface area contributed by atoms with Gasteiger partial charge in [0.05, 0.1) is 18.6 Å². The van der Waals surface area contributed by atoms with E-state index in [2.05, 4.69) is 18.8 Å². The number of aliphatic hydroxyl groups is 1. The van der Waals surface area contributed by atoms with Crippen LogP contribution >= 0.6 is 11.6 Å². The molecule has 0 aliphatic heterocycles. The summed E-state index contributed by atoms with van der Waals surface area (Å²) < 4.78 is 5.06. The summed E-state index contributed by atoms with van der Waals surface area (Å²) in [5.74, 6) is 6.07. The smallest absolute Gasteiger partial charge is 0.107 e. The minimum atomic E-state index is -0.570. The van der Waals surface area contributed by atoms with Crippen LogP contribution in [0.15, 0.2) is 0 Å². The summed E-state index contributed by atoms with van der Waals surface area (Å²) in [5, 5.41) is 8.99. The second kappa shape index (κ2) is 9.85. The maximum atomic E-state index is 8.99. The number of aliphatic hydroxyl groups excluding tert-OH is 1. The van der Waals surface area contributed by atoms with Crippen molar-refractivity contribution in [2.24, 2.45) is 0 Å². The van der Waals surface area contributed by atoms with E-state index in [0.29, 0.717) is 6.61 Å². The highest BCUT2D eigenvalue weighted by molar-refractivity contribution is 6.18. The quantitative estimate of drug-likeness (QED) is 0.406. The molecule has 0 rings (SSSR count). The van der Waals surface area contributed by atoms with E-state index < -0.39 is 6.10 Å². The van der Waals surface area contributed by atoms with Crippen molar-refractivity contribution in [3.05, 3.63) is 0 Å². The molecule has 0 aromatic carbocycles. The number of hydrogen-bond acceptors (Lipinski definition) is 2. The van der Waals surface area contributed by atoms with Gasteiger partial charge in [0.25, 0.3) is 0 Å². The molecule has 1 atom stereocenters. The first-order valence-electron chi connectivity index (χ1n) is 4.58. The molecule has 0 radical (unpaired) electrons. The zero-order valence-corrected chi connectivity index (χ0v) is 8.81. The van der Waals surface area contributed by atoms with Crippen LogP contribution in [0.1, 0.15) is 26.2 Å². The van der Waals surface area contributed by atoms with E-state index in [4.69, 9.17) is 21.4 Å². The Labute approximate surface area is 85.2 Å². The maximum Gasteiger partial charge on any atom is 0.107 e. The van der Waals surface area contributed by atoms with Crippen LogP contribution in [0.2, 0.25) is 0 Å². The minimum absolute atomic E-state index is 0.212. The molecule has 0 saturated heterocycles. The van der Waals surface area contributed by atoms with Gasteiger partial charge in [0, 0.05) is 6.42 Å². The molecular formula is C10H17ClO2. The topological polar surface area (TPSA) is 29.5 Å². The van der Waals surface area contributed by atoms with Crippen LogP contribution in [-0.4, -0.2) is 30.3 Å². The molecule has 0 heterocycles. The van der Waals surface area contributed by atoms with Gasteiger partial charge in [0.2, 0.25) is 0 Å². The molecular weight excluding hydrogens is 188 g/mol. The third kappa shape index (κ3) is 9.69. The molecule has 0 aliphatic carbocycles. The predicted molar refractivity (Wildman–Crippen MR) is 54.8 cm³/mol. The fourth-order valence-electron chi connectivity index (χ4n) is 0.695. The molecule has 0 bridgehead atoms. The fraction of sp³-hybridized carbons (Fsp3) is 0.800. The van der Waals surface area contributed by atoms with Gasteiger partial charge in [-0.05, 0) is 6.42 Å². The molecule has 13 heavy (non-hydrogen) atoms. The Kier molecular flexibility index (Phi) is 9.68. The number of rotatable bonds is 6. The number of unbranched alkanes of at least 4 members (excludes halogenated alkanes) is 2. The van der Waals surface area contributed by atoms with E-state index in [-0.39, 0.29) is 12.5 Å². The molecule has 3 heteroatoms. The van der Waals surface area contributed by atoms with E-state index in [0.717, 1.165) is 12.8 Å². The third-order valence-electron chi connectivity index (χ3n) is 1.44. The Morgan fingerprint density at radius 3 is 2.85 bits per heavy atom. The molecule has 0 amide bonds. The molecule has 0 fully saturated rings. The summed E-state index contributed by atoms with van der Waals surface area (Å²) in [7, 11) is 0. The Morgan fingerprint density at radius 2 is 2.23 bits per heavy atom. The number of ether oxygens (including phenoxy) is 1. The third-order valence-corrected chi connectivity index (χ3v) is 1.80. The van der Waals surface area contributed by atoms with Gasteiger partial charge < -0.3 is 9.84 Å². The normalized spacial score (nSPS) is 11.9. The van der Waals surface area contributed by atoms with Crippen molar-refractivity contribution in [2.45, 2.75) is 32.3 Å². The van der Waals surface area contributed by atoms with Crippen LogP contribution in [0.25, 0.3) is 0 Å². The van der Waals surface area contributed by atoms with Crippen LogP contribution in [0.5, 0.6) is 0 Å². The molecule has 1 N–H and O–H groups in total. The Balaban J connectivity index is 3.17. The Morgan fingerprint density at radius 1 is 1.46 bits per heavy atom. The molecule has 1 unspecified atom stereocenters. The van der Waals surface area contributed by atoms with Gasteiger partial charge in [-0.25, -0.2) is 0 Å². The lowest BCUT2D eigenvalue weighted by atomic mass is 10.2. The largest absolute Gasteiger partial charge is 0.389 e. The average molecular weight is 205 g/mol. The van der Waals surface area contributed by atoms with E-state index in [1.54, 1.807) is 0 Å². The number of hydrogen-bond donors (Lipinski definition) is 1. The summed E-state index contributed by atoms with van der Waals surface area (Å²) in [6.45, 7) is 2.79. The number of alkyl halides is 1. The van der Waals surface area contributed by atoms with Gasteiger partial charge in [-0.2, -0.15) is 0 Å². The van der Waals surface area contributed by atoms with E-state index >= 15 is 0 Å². The van der Waals surface area contributed by atoms with Crippen LogP contribution in [0.4, 0.5) is 0 Å². The van der Waals surface area contributed by atoms with Crippen molar-refractivity contribution in [2.75, 3.05) is 19.1 Å². The first-order valence-corrected chi connectivity index (χ1v) is 5.12. The van der Waals surface area contributed by atoms with Gasteiger partial charge in [-0.3, -0.25) is 0 Å². The van der Waals surface area contributed by atoms with Gasteiger partial charge in [-0.15, -0.1) is 17.5 Å². The highest BCUT2D eigenvalue weighted by atomic mass is 35.5. The molecule has 2 nitrogen and oxygen atoms in total. The van der Waals surface area contributed by atoms with Gasteiger partial charge >= 0.3 is 0 Å². The van der Waals surface area contributed by atoms with Crippen molar-refractivity contribution in [1.82, 2.24) is 0 Å². The number of halogens is 1. The molecule has 0 aromatic rings. The van der Waals surface area contributed by atoms with Gasteiger partial charge in [0.15, 0.2) is 0 Å². The van der Waals surface area contributed by atoms with Crippen molar-refractivity contribution >= 4 is 11.6 Å². The average Bonchev–Trinajstić information content (AvgIpc) is 2.16. The molecule has 0 aromatic heterocycles. The van der Waals surface area contributed by atoms with Gasteiger partial charge in [0.1, 0.15) is 6.61 Å². The van der Waals surface area contributed by atoms with Crippen LogP contribution in [-0.2, 0) is 4.74 Å². The SMILES string of the molecule is CCCCC#CCOCC(O)CCl. The maximum absolute atomic E-state index is 8.99. The van der Waals surface area contributed by atoms with E-state index in [1.165, 1.54) is 6.42 Å². The van der Waals surface area contributed by atoms with E-state index in [9.17, 15) is 0 Å². The highest BCUT2D eigenvalue weighted by Gasteiger charge is 1.99. The zero-order chi connectivity index (χ0) is 9.94. The molecule has 76 valence electrons. The Bertz CT molecular complexity index is 160. The standard InChI is InChI=1S/C10H17ClO2/c1-2-3-4-5-6-7-13-9-10(12)8-11/h10,12H,2-4,7-9H2,1H3. The second-order valence-corrected chi connectivity index (χ2v) is 3.09. The Hall–Kier alpha value is -0.230. The fourth-order valence-corrected chi connectivity index (χ4v) is 0.784. The molecule has 0 saturated carbocycles. The first-order chi connectivity index (χ1) is 6.31. The minimum Gasteiger partial charge on any atom is -0.389 e. The highest BCUT2D eigenvalue weighted by Crippen LogP contribution is 1.91. The summed E-state index contributed by atoms with van der Waals surface area (Å²) in [5.41, 5.74) is 0. The second-order valence-electron chi connectivity index (χ2n) is 2.78. The monoisotopic (exact) mass is 204 g/mol. The summed E-state index contributed by atoms with van der Waals surface area (Å²) >= 11 is 5.37. The van der Waals surface area contributed by atoms with Crippen molar-refractivity contribution in [3.63, 3.8) is 0 Å². The zero-order valence-electron chi connectivity index (χ0n) is 8.05. The lowest BCUT2D eigenvalue weighted by Crippen LogP contribution is -2.16. The van der Waals surface area contributed by atoms with E-state index in [1.807, 2.05) is 0 Å². The van der Waals surface area contributed by atoms with Crippen LogP contribution in [0, 0.1) is 11.8 Å². The first kappa shape index (κ1) is 12.8. The molecule has 0 spiro atoms.